The second-order valence-electron chi connectivity index (χ2n) is 5.47. The molecule has 0 aliphatic heterocycles. The van der Waals surface area contributed by atoms with E-state index in [1.165, 1.54) is 14.2 Å². The number of amides is 1. The topological polar surface area (TPSA) is 47.6 Å². The van der Waals surface area contributed by atoms with Crippen LogP contribution in [0, 0.1) is 5.41 Å². The summed E-state index contributed by atoms with van der Waals surface area (Å²) in [6.45, 7) is 6.01. The van der Waals surface area contributed by atoms with Gasteiger partial charge < -0.3 is 14.8 Å². The van der Waals surface area contributed by atoms with E-state index in [0.717, 1.165) is 0 Å². The highest BCUT2D eigenvalue weighted by molar-refractivity contribution is 6.34. The molecule has 0 atom stereocenters. The van der Waals surface area contributed by atoms with Gasteiger partial charge in [0.1, 0.15) is 0 Å². The van der Waals surface area contributed by atoms with Crippen molar-refractivity contribution < 1.29 is 14.3 Å². The molecule has 106 valence electrons. The first kappa shape index (κ1) is 15.6. The van der Waals surface area contributed by atoms with Crippen molar-refractivity contribution in [1.29, 1.82) is 0 Å². The predicted octanol–water partition coefficient (Wildman–Crippen LogP) is 3.73. The number of rotatable bonds is 4. The standard InChI is InChI=1S/C14H20ClNO3/c1-14(2,3)8-13(17)16-10-7-12(19-5)11(18-4)6-9(10)15/h6-7H,8H2,1-5H3,(H,16,17). The first-order chi connectivity index (χ1) is 8.76. The van der Waals surface area contributed by atoms with Crippen molar-refractivity contribution in [2.75, 3.05) is 19.5 Å². The molecule has 0 bridgehead atoms. The Morgan fingerprint density at radius 2 is 1.74 bits per heavy atom. The molecule has 1 N–H and O–H groups in total. The lowest BCUT2D eigenvalue weighted by Gasteiger charge is -2.18. The SMILES string of the molecule is COc1cc(Cl)c(NC(=O)CC(C)(C)C)cc1OC. The molecule has 0 radical (unpaired) electrons. The lowest BCUT2D eigenvalue weighted by atomic mass is 9.92. The van der Waals surface area contributed by atoms with Gasteiger partial charge in [-0.1, -0.05) is 32.4 Å². The summed E-state index contributed by atoms with van der Waals surface area (Å²) in [5, 5.41) is 3.20. The molecule has 0 fully saturated rings. The highest BCUT2D eigenvalue weighted by Crippen LogP contribution is 2.36. The molecule has 1 amide bonds. The molecular weight excluding hydrogens is 266 g/mol. The molecule has 1 aromatic carbocycles. The van der Waals surface area contributed by atoms with Crippen LogP contribution >= 0.6 is 11.6 Å². The van der Waals surface area contributed by atoms with Crippen LogP contribution in [0.25, 0.3) is 0 Å². The van der Waals surface area contributed by atoms with Gasteiger partial charge in [0.25, 0.3) is 0 Å². The second kappa shape index (κ2) is 6.15. The monoisotopic (exact) mass is 285 g/mol. The molecule has 1 aromatic rings. The van der Waals surface area contributed by atoms with E-state index >= 15 is 0 Å². The molecule has 4 nitrogen and oxygen atoms in total. The van der Waals surface area contributed by atoms with Gasteiger partial charge in [-0.25, -0.2) is 0 Å². The smallest absolute Gasteiger partial charge is 0.224 e. The van der Waals surface area contributed by atoms with Crippen molar-refractivity contribution in [1.82, 2.24) is 0 Å². The molecule has 0 saturated heterocycles. The number of carbonyl (C=O) groups is 1. The molecule has 0 heterocycles. The third-order valence-corrected chi connectivity index (χ3v) is 2.75. The van der Waals surface area contributed by atoms with Crippen LogP contribution < -0.4 is 14.8 Å². The summed E-state index contributed by atoms with van der Waals surface area (Å²) in [5.41, 5.74) is 0.446. The summed E-state index contributed by atoms with van der Waals surface area (Å²) in [4.78, 5) is 11.9. The van der Waals surface area contributed by atoms with Gasteiger partial charge in [0.05, 0.1) is 24.9 Å². The van der Waals surface area contributed by atoms with Crippen molar-refractivity contribution in [2.45, 2.75) is 27.2 Å². The van der Waals surface area contributed by atoms with E-state index in [2.05, 4.69) is 5.32 Å². The zero-order chi connectivity index (χ0) is 14.6. The number of hydrogen-bond acceptors (Lipinski definition) is 3. The molecular formula is C14H20ClNO3. The number of hydrogen-bond donors (Lipinski definition) is 1. The third kappa shape index (κ3) is 4.63. The van der Waals surface area contributed by atoms with Crippen LogP contribution in [0.5, 0.6) is 11.5 Å². The first-order valence-corrected chi connectivity index (χ1v) is 6.36. The van der Waals surface area contributed by atoms with E-state index < -0.39 is 0 Å². The van der Waals surface area contributed by atoms with Crippen LogP contribution in [0.3, 0.4) is 0 Å². The Labute approximate surface area is 119 Å². The van der Waals surface area contributed by atoms with Crippen molar-refractivity contribution in [3.05, 3.63) is 17.2 Å². The number of halogens is 1. The maximum atomic E-state index is 11.9. The number of methoxy groups -OCH3 is 2. The normalized spacial score (nSPS) is 11.1. The number of benzene rings is 1. The Bertz CT molecular complexity index is 466. The Morgan fingerprint density at radius 3 is 2.21 bits per heavy atom. The zero-order valence-electron chi connectivity index (χ0n) is 12.0. The van der Waals surface area contributed by atoms with Crippen LogP contribution in [-0.2, 0) is 4.79 Å². The Kier molecular flexibility index (Phi) is 5.06. The minimum Gasteiger partial charge on any atom is -0.493 e. The zero-order valence-corrected chi connectivity index (χ0v) is 12.7. The predicted molar refractivity (Wildman–Crippen MR) is 77.3 cm³/mol. The van der Waals surface area contributed by atoms with Crippen molar-refractivity contribution in [3.63, 3.8) is 0 Å². The average Bonchev–Trinajstić information content (AvgIpc) is 2.28. The van der Waals surface area contributed by atoms with E-state index in [1.807, 2.05) is 20.8 Å². The first-order valence-electron chi connectivity index (χ1n) is 5.98. The van der Waals surface area contributed by atoms with E-state index in [9.17, 15) is 4.79 Å². The molecule has 19 heavy (non-hydrogen) atoms. The van der Waals surface area contributed by atoms with Crippen LogP contribution in [0.1, 0.15) is 27.2 Å². The number of anilines is 1. The molecule has 1 rings (SSSR count). The van der Waals surface area contributed by atoms with Crippen LogP contribution in [0.15, 0.2) is 12.1 Å². The lowest BCUT2D eigenvalue weighted by Crippen LogP contribution is -2.19. The van der Waals surface area contributed by atoms with Crippen molar-refractivity contribution >= 4 is 23.2 Å². The Balaban J connectivity index is 2.93. The fourth-order valence-corrected chi connectivity index (χ4v) is 1.83. The fourth-order valence-electron chi connectivity index (χ4n) is 1.63. The van der Waals surface area contributed by atoms with E-state index in [4.69, 9.17) is 21.1 Å². The maximum Gasteiger partial charge on any atom is 0.224 e. The van der Waals surface area contributed by atoms with Gasteiger partial charge in [0.15, 0.2) is 11.5 Å². The van der Waals surface area contributed by atoms with Gasteiger partial charge in [-0.05, 0) is 5.41 Å². The quantitative estimate of drug-likeness (QED) is 0.917. The van der Waals surface area contributed by atoms with Crippen molar-refractivity contribution in [3.8, 4) is 11.5 Å². The average molecular weight is 286 g/mol. The molecule has 0 unspecified atom stereocenters. The molecule has 0 aromatic heterocycles. The molecule has 0 aliphatic rings. The lowest BCUT2D eigenvalue weighted by molar-refractivity contribution is -0.117. The minimum atomic E-state index is -0.0818. The summed E-state index contributed by atoms with van der Waals surface area (Å²) >= 11 is 6.10. The van der Waals surface area contributed by atoms with E-state index in [-0.39, 0.29) is 11.3 Å². The largest absolute Gasteiger partial charge is 0.493 e. The van der Waals surface area contributed by atoms with Crippen LogP contribution in [-0.4, -0.2) is 20.1 Å². The Hall–Kier alpha value is -1.42. The summed E-state index contributed by atoms with van der Waals surface area (Å²) in [5.74, 6) is 0.973. The van der Waals surface area contributed by atoms with E-state index in [1.54, 1.807) is 12.1 Å². The fraction of sp³-hybridized carbons (Fsp3) is 0.500. The summed E-state index contributed by atoms with van der Waals surface area (Å²) in [6, 6.07) is 3.27. The molecule has 0 saturated carbocycles. The molecule has 5 heteroatoms. The van der Waals surface area contributed by atoms with Crippen LogP contribution in [0.2, 0.25) is 5.02 Å². The number of ether oxygens (including phenoxy) is 2. The van der Waals surface area contributed by atoms with Gasteiger partial charge in [-0.15, -0.1) is 0 Å². The van der Waals surface area contributed by atoms with Gasteiger partial charge in [0.2, 0.25) is 5.91 Å². The van der Waals surface area contributed by atoms with Gasteiger partial charge in [-0.2, -0.15) is 0 Å². The highest BCUT2D eigenvalue weighted by Gasteiger charge is 2.18. The van der Waals surface area contributed by atoms with E-state index in [0.29, 0.717) is 28.6 Å². The number of nitrogens with one attached hydrogen (secondary N) is 1. The molecule has 0 spiro atoms. The maximum absolute atomic E-state index is 11.9. The van der Waals surface area contributed by atoms with Crippen LogP contribution in [0.4, 0.5) is 5.69 Å². The summed E-state index contributed by atoms with van der Waals surface area (Å²) < 4.78 is 10.3. The second-order valence-corrected chi connectivity index (χ2v) is 5.88. The summed E-state index contributed by atoms with van der Waals surface area (Å²) in [7, 11) is 3.07. The van der Waals surface area contributed by atoms with Crippen molar-refractivity contribution in [2.24, 2.45) is 5.41 Å². The highest BCUT2D eigenvalue weighted by atomic mass is 35.5. The minimum absolute atomic E-state index is 0.0763. The van der Waals surface area contributed by atoms with Gasteiger partial charge in [0, 0.05) is 18.6 Å². The third-order valence-electron chi connectivity index (χ3n) is 2.44. The summed E-state index contributed by atoms with van der Waals surface area (Å²) in [6.07, 6.45) is 0.414. The Morgan fingerprint density at radius 1 is 1.21 bits per heavy atom. The van der Waals surface area contributed by atoms with Gasteiger partial charge >= 0.3 is 0 Å². The molecule has 0 aliphatic carbocycles. The number of carbonyl (C=O) groups excluding carboxylic acids is 1. The van der Waals surface area contributed by atoms with Gasteiger partial charge in [-0.3, -0.25) is 4.79 Å².